The maximum absolute atomic E-state index is 4.98. The van der Waals surface area contributed by atoms with Crippen LogP contribution < -0.4 is 5.32 Å². The zero-order valence-corrected chi connectivity index (χ0v) is 13.8. The van der Waals surface area contributed by atoms with Gasteiger partial charge in [-0.25, -0.2) is 0 Å². The maximum Gasteiger partial charge on any atom is 0.0756 e. The molecule has 3 heteroatoms. The molecule has 0 spiro atoms. The highest BCUT2D eigenvalue weighted by Crippen LogP contribution is 2.37. The van der Waals surface area contributed by atoms with E-state index in [9.17, 15) is 0 Å². The summed E-state index contributed by atoms with van der Waals surface area (Å²) in [6, 6.07) is 6.60. The highest BCUT2D eigenvalue weighted by atomic mass is 79.9. The fourth-order valence-electron chi connectivity index (χ4n) is 3.24. The summed E-state index contributed by atoms with van der Waals surface area (Å²) >= 11 is 3.60. The summed E-state index contributed by atoms with van der Waals surface area (Å²) in [4.78, 5) is 4.98. The second-order valence-corrected chi connectivity index (χ2v) is 6.64. The Labute approximate surface area is 129 Å². The SMILES string of the molecule is CCNc1cc(C2CCCC2)nc2c(C)cc(Br)cc12. The standard InChI is InChI=1S/C17H21BrN2/c1-3-19-16-10-15(12-6-4-5-7-12)20-17-11(2)8-13(18)9-14(16)17/h8-10,12H,3-7H2,1-2H3,(H,19,20). The van der Waals surface area contributed by atoms with E-state index in [0.717, 1.165) is 16.5 Å². The number of nitrogens with one attached hydrogen (secondary N) is 1. The number of pyridine rings is 1. The first-order valence-electron chi connectivity index (χ1n) is 7.53. The Balaban J connectivity index is 2.19. The summed E-state index contributed by atoms with van der Waals surface area (Å²) in [6.07, 6.45) is 5.28. The molecule has 1 heterocycles. The number of hydrogen-bond donors (Lipinski definition) is 1. The Hall–Kier alpha value is -1.09. The Bertz CT molecular complexity index is 630. The minimum Gasteiger partial charge on any atom is -0.385 e. The molecule has 1 saturated carbocycles. The van der Waals surface area contributed by atoms with E-state index in [1.54, 1.807) is 0 Å². The summed E-state index contributed by atoms with van der Waals surface area (Å²) < 4.78 is 1.12. The number of fused-ring (bicyclic) bond motifs is 1. The van der Waals surface area contributed by atoms with Crippen molar-refractivity contribution in [2.75, 3.05) is 11.9 Å². The number of hydrogen-bond acceptors (Lipinski definition) is 2. The number of aromatic nitrogens is 1. The van der Waals surface area contributed by atoms with E-state index in [2.05, 4.69) is 53.3 Å². The third kappa shape index (κ3) is 2.56. The van der Waals surface area contributed by atoms with Gasteiger partial charge in [-0.1, -0.05) is 28.8 Å². The molecule has 1 aliphatic rings. The van der Waals surface area contributed by atoms with Gasteiger partial charge in [-0.2, -0.15) is 0 Å². The first kappa shape index (κ1) is 13.9. The maximum atomic E-state index is 4.98. The van der Waals surface area contributed by atoms with E-state index in [4.69, 9.17) is 4.98 Å². The molecule has 1 fully saturated rings. The number of rotatable bonds is 3. The lowest BCUT2D eigenvalue weighted by Crippen LogP contribution is -2.03. The number of halogens is 1. The molecule has 0 saturated heterocycles. The average molecular weight is 333 g/mol. The van der Waals surface area contributed by atoms with E-state index in [1.165, 1.54) is 48.0 Å². The second-order valence-electron chi connectivity index (χ2n) is 5.73. The van der Waals surface area contributed by atoms with Crippen molar-refractivity contribution >= 4 is 32.5 Å². The fourth-order valence-corrected chi connectivity index (χ4v) is 3.82. The average Bonchev–Trinajstić information content (AvgIpc) is 2.93. The van der Waals surface area contributed by atoms with E-state index in [-0.39, 0.29) is 0 Å². The summed E-state index contributed by atoms with van der Waals surface area (Å²) in [7, 11) is 0. The molecule has 2 nitrogen and oxygen atoms in total. The smallest absolute Gasteiger partial charge is 0.0756 e. The van der Waals surface area contributed by atoms with E-state index >= 15 is 0 Å². The number of anilines is 1. The van der Waals surface area contributed by atoms with Crippen LogP contribution in [-0.2, 0) is 0 Å². The zero-order chi connectivity index (χ0) is 14.1. The minimum absolute atomic E-state index is 0.653. The van der Waals surface area contributed by atoms with Crippen LogP contribution in [0.3, 0.4) is 0 Å². The topological polar surface area (TPSA) is 24.9 Å². The van der Waals surface area contributed by atoms with E-state index < -0.39 is 0 Å². The predicted molar refractivity (Wildman–Crippen MR) is 89.6 cm³/mol. The Morgan fingerprint density at radius 2 is 2.00 bits per heavy atom. The van der Waals surface area contributed by atoms with Crippen molar-refractivity contribution < 1.29 is 0 Å². The molecule has 2 aromatic rings. The zero-order valence-electron chi connectivity index (χ0n) is 12.2. The van der Waals surface area contributed by atoms with Crippen LogP contribution in [0, 0.1) is 6.92 Å². The van der Waals surface area contributed by atoms with Crippen LogP contribution in [0.25, 0.3) is 10.9 Å². The molecule has 0 bridgehead atoms. The van der Waals surface area contributed by atoms with Gasteiger partial charge < -0.3 is 5.32 Å². The summed E-state index contributed by atoms with van der Waals surface area (Å²) in [6.45, 7) is 5.23. The molecular formula is C17H21BrN2. The van der Waals surface area contributed by atoms with Gasteiger partial charge in [0.15, 0.2) is 0 Å². The summed E-state index contributed by atoms with van der Waals surface area (Å²) in [5.74, 6) is 0.653. The first-order valence-corrected chi connectivity index (χ1v) is 8.33. The van der Waals surface area contributed by atoms with Crippen LogP contribution in [0.4, 0.5) is 5.69 Å². The quantitative estimate of drug-likeness (QED) is 0.814. The molecule has 1 aromatic heterocycles. The minimum atomic E-state index is 0.653. The van der Waals surface area contributed by atoms with Crippen LogP contribution in [-0.4, -0.2) is 11.5 Å². The number of aryl methyl sites for hydroxylation is 1. The van der Waals surface area contributed by atoms with Crippen molar-refractivity contribution in [3.8, 4) is 0 Å². The Morgan fingerprint density at radius 1 is 1.25 bits per heavy atom. The van der Waals surface area contributed by atoms with Crippen molar-refractivity contribution in [2.45, 2.75) is 45.4 Å². The largest absolute Gasteiger partial charge is 0.385 e. The molecule has 0 amide bonds. The third-order valence-electron chi connectivity index (χ3n) is 4.23. The lowest BCUT2D eigenvalue weighted by molar-refractivity contribution is 0.701. The fraction of sp³-hybridized carbons (Fsp3) is 0.471. The van der Waals surface area contributed by atoms with Crippen LogP contribution in [0.15, 0.2) is 22.7 Å². The lowest BCUT2D eigenvalue weighted by atomic mass is 10.00. The predicted octanol–water partition coefficient (Wildman–Crippen LogP) is 5.40. The van der Waals surface area contributed by atoms with Gasteiger partial charge in [-0.05, 0) is 50.5 Å². The van der Waals surface area contributed by atoms with Gasteiger partial charge in [0.05, 0.1) is 5.52 Å². The van der Waals surface area contributed by atoms with Gasteiger partial charge in [-0.15, -0.1) is 0 Å². The van der Waals surface area contributed by atoms with E-state index in [0.29, 0.717) is 5.92 Å². The van der Waals surface area contributed by atoms with Crippen LogP contribution in [0.1, 0.15) is 49.8 Å². The van der Waals surface area contributed by atoms with Crippen molar-refractivity contribution in [1.29, 1.82) is 0 Å². The molecule has 0 atom stereocenters. The van der Waals surface area contributed by atoms with Gasteiger partial charge in [0, 0.05) is 33.7 Å². The molecule has 0 unspecified atom stereocenters. The molecule has 0 aliphatic heterocycles. The van der Waals surface area contributed by atoms with Gasteiger partial charge >= 0.3 is 0 Å². The van der Waals surface area contributed by atoms with Crippen molar-refractivity contribution in [3.05, 3.63) is 33.9 Å². The normalized spacial score (nSPS) is 15.9. The van der Waals surface area contributed by atoms with Crippen molar-refractivity contribution in [1.82, 2.24) is 4.98 Å². The lowest BCUT2D eigenvalue weighted by Gasteiger charge is -2.16. The van der Waals surface area contributed by atoms with Gasteiger partial charge in [0.2, 0.25) is 0 Å². The molecule has 1 aromatic carbocycles. The first-order chi connectivity index (χ1) is 9.69. The van der Waals surface area contributed by atoms with Crippen LogP contribution in [0.2, 0.25) is 0 Å². The molecule has 20 heavy (non-hydrogen) atoms. The molecule has 0 radical (unpaired) electrons. The molecular weight excluding hydrogens is 312 g/mol. The highest BCUT2D eigenvalue weighted by molar-refractivity contribution is 9.10. The number of benzene rings is 1. The Morgan fingerprint density at radius 3 is 2.70 bits per heavy atom. The van der Waals surface area contributed by atoms with E-state index in [1.807, 2.05) is 0 Å². The monoisotopic (exact) mass is 332 g/mol. The van der Waals surface area contributed by atoms with Crippen molar-refractivity contribution in [3.63, 3.8) is 0 Å². The Kier molecular flexibility index (Phi) is 3.97. The number of nitrogens with zero attached hydrogens (tertiary/aromatic N) is 1. The third-order valence-corrected chi connectivity index (χ3v) is 4.69. The summed E-state index contributed by atoms with van der Waals surface area (Å²) in [5.41, 5.74) is 4.89. The van der Waals surface area contributed by atoms with Crippen LogP contribution in [0.5, 0.6) is 0 Å². The summed E-state index contributed by atoms with van der Waals surface area (Å²) in [5, 5.41) is 4.73. The molecule has 1 aliphatic carbocycles. The molecule has 3 rings (SSSR count). The molecule has 1 N–H and O–H groups in total. The van der Waals surface area contributed by atoms with Gasteiger partial charge in [0.25, 0.3) is 0 Å². The second kappa shape index (κ2) is 5.72. The highest BCUT2D eigenvalue weighted by Gasteiger charge is 2.20. The van der Waals surface area contributed by atoms with Gasteiger partial charge in [-0.3, -0.25) is 4.98 Å². The molecule has 106 valence electrons. The van der Waals surface area contributed by atoms with Crippen LogP contribution >= 0.6 is 15.9 Å². The van der Waals surface area contributed by atoms with Crippen molar-refractivity contribution in [2.24, 2.45) is 0 Å². The van der Waals surface area contributed by atoms with Gasteiger partial charge in [0.1, 0.15) is 0 Å².